The van der Waals surface area contributed by atoms with Crippen LogP contribution in [0.5, 0.6) is 0 Å². The van der Waals surface area contributed by atoms with Gasteiger partial charge in [0.05, 0.1) is 18.1 Å². The summed E-state index contributed by atoms with van der Waals surface area (Å²) in [4.78, 5) is 24.5. The molecule has 0 aliphatic carbocycles. The first-order valence-electron chi connectivity index (χ1n) is 6.02. The SMILES string of the molecule is COC(=O)Nn1cnc2cc(Sc3ccncn3)ccc21. The lowest BCUT2D eigenvalue weighted by atomic mass is 10.3. The minimum Gasteiger partial charge on any atom is -0.452 e. The average Bonchev–Trinajstić information content (AvgIpc) is 2.90. The van der Waals surface area contributed by atoms with Crippen molar-refractivity contribution in [1.82, 2.24) is 19.6 Å². The van der Waals surface area contributed by atoms with Gasteiger partial charge in [0.25, 0.3) is 0 Å². The standard InChI is InChI=1S/C13H11N5O2S/c1-20-13(19)17-18-8-16-10-6-9(2-3-11(10)18)21-12-4-5-14-7-15-12/h2-8H,1H3,(H,17,19). The maximum Gasteiger partial charge on any atom is 0.426 e. The summed E-state index contributed by atoms with van der Waals surface area (Å²) in [5, 5.41) is 0.858. The Morgan fingerprint density at radius 1 is 1.33 bits per heavy atom. The van der Waals surface area contributed by atoms with E-state index in [1.54, 1.807) is 6.20 Å². The number of rotatable bonds is 3. The fourth-order valence-corrected chi connectivity index (χ4v) is 2.53. The van der Waals surface area contributed by atoms with E-state index in [0.29, 0.717) is 0 Å². The number of fused-ring (bicyclic) bond motifs is 1. The first kappa shape index (κ1) is 13.4. The molecule has 1 N–H and O–H groups in total. The first-order valence-corrected chi connectivity index (χ1v) is 6.84. The highest BCUT2D eigenvalue weighted by atomic mass is 32.2. The molecule has 3 rings (SSSR count). The van der Waals surface area contributed by atoms with Crippen LogP contribution < -0.4 is 5.43 Å². The van der Waals surface area contributed by atoms with Crippen molar-refractivity contribution in [3.63, 3.8) is 0 Å². The van der Waals surface area contributed by atoms with Crippen LogP contribution in [0.15, 0.2) is 53.0 Å². The van der Waals surface area contributed by atoms with Gasteiger partial charge in [-0.1, -0.05) is 11.8 Å². The van der Waals surface area contributed by atoms with Crippen LogP contribution in [-0.4, -0.2) is 32.8 Å². The number of nitrogens with one attached hydrogen (secondary N) is 1. The number of amides is 1. The second kappa shape index (κ2) is 5.80. The highest BCUT2D eigenvalue weighted by Gasteiger charge is 2.07. The minimum atomic E-state index is -0.547. The second-order valence-electron chi connectivity index (χ2n) is 4.02. The van der Waals surface area contributed by atoms with E-state index < -0.39 is 6.09 Å². The molecule has 0 radical (unpaired) electrons. The number of carbonyl (C=O) groups is 1. The molecule has 0 spiro atoms. The largest absolute Gasteiger partial charge is 0.452 e. The summed E-state index contributed by atoms with van der Waals surface area (Å²) in [5.74, 6) is 0. The van der Waals surface area contributed by atoms with E-state index in [0.717, 1.165) is 21.0 Å². The van der Waals surface area contributed by atoms with Crippen LogP contribution in [0.1, 0.15) is 0 Å². The van der Waals surface area contributed by atoms with Gasteiger partial charge in [-0.25, -0.2) is 29.8 Å². The Hall–Kier alpha value is -2.61. The van der Waals surface area contributed by atoms with Crippen LogP contribution in [0.2, 0.25) is 0 Å². The first-order chi connectivity index (χ1) is 10.3. The van der Waals surface area contributed by atoms with Crippen molar-refractivity contribution in [2.45, 2.75) is 9.92 Å². The molecule has 21 heavy (non-hydrogen) atoms. The number of hydrogen-bond acceptors (Lipinski definition) is 6. The summed E-state index contributed by atoms with van der Waals surface area (Å²) in [7, 11) is 1.31. The van der Waals surface area contributed by atoms with Crippen molar-refractivity contribution >= 4 is 28.9 Å². The maximum atomic E-state index is 11.2. The summed E-state index contributed by atoms with van der Waals surface area (Å²) in [6.45, 7) is 0. The van der Waals surface area contributed by atoms with Crippen LogP contribution in [-0.2, 0) is 4.74 Å². The molecule has 3 aromatic rings. The van der Waals surface area contributed by atoms with Crippen LogP contribution in [0, 0.1) is 0 Å². The highest BCUT2D eigenvalue weighted by molar-refractivity contribution is 7.99. The number of imidazole rings is 1. The second-order valence-corrected chi connectivity index (χ2v) is 5.11. The van der Waals surface area contributed by atoms with E-state index in [1.807, 2.05) is 24.3 Å². The zero-order chi connectivity index (χ0) is 14.7. The van der Waals surface area contributed by atoms with E-state index in [9.17, 15) is 4.79 Å². The molecule has 0 unspecified atom stereocenters. The Morgan fingerprint density at radius 3 is 3.00 bits per heavy atom. The molecule has 0 saturated carbocycles. The number of ether oxygens (including phenoxy) is 1. The zero-order valence-corrected chi connectivity index (χ0v) is 11.9. The fraction of sp³-hybridized carbons (Fsp3) is 0.0769. The molecular formula is C13H11N5O2S. The van der Waals surface area contributed by atoms with Gasteiger partial charge < -0.3 is 4.74 Å². The molecule has 2 aromatic heterocycles. The van der Waals surface area contributed by atoms with E-state index >= 15 is 0 Å². The van der Waals surface area contributed by atoms with Gasteiger partial charge in [0.1, 0.15) is 17.7 Å². The molecule has 0 fully saturated rings. The molecule has 106 valence electrons. The number of benzene rings is 1. The van der Waals surface area contributed by atoms with Crippen molar-refractivity contribution in [1.29, 1.82) is 0 Å². The van der Waals surface area contributed by atoms with E-state index in [4.69, 9.17) is 0 Å². The van der Waals surface area contributed by atoms with Crippen molar-refractivity contribution in [3.05, 3.63) is 43.1 Å². The van der Waals surface area contributed by atoms with Crippen LogP contribution in [0.3, 0.4) is 0 Å². The lowest BCUT2D eigenvalue weighted by molar-refractivity contribution is 0.183. The summed E-state index contributed by atoms with van der Waals surface area (Å²) in [5.41, 5.74) is 4.10. The molecule has 0 bridgehead atoms. The van der Waals surface area contributed by atoms with Crippen molar-refractivity contribution in [2.24, 2.45) is 0 Å². The zero-order valence-electron chi connectivity index (χ0n) is 11.1. The molecule has 2 heterocycles. The third kappa shape index (κ3) is 2.95. The average molecular weight is 301 g/mol. The number of hydrogen-bond donors (Lipinski definition) is 1. The van der Waals surface area contributed by atoms with E-state index in [1.165, 1.54) is 36.2 Å². The number of methoxy groups -OCH3 is 1. The van der Waals surface area contributed by atoms with Gasteiger partial charge in [-0.3, -0.25) is 0 Å². The highest BCUT2D eigenvalue weighted by Crippen LogP contribution is 2.27. The third-order valence-corrected chi connectivity index (χ3v) is 3.63. The normalized spacial score (nSPS) is 10.5. The predicted molar refractivity (Wildman–Crippen MR) is 77.7 cm³/mol. The third-order valence-electron chi connectivity index (χ3n) is 2.69. The quantitative estimate of drug-likeness (QED) is 0.747. The van der Waals surface area contributed by atoms with Gasteiger partial charge in [0.15, 0.2) is 0 Å². The van der Waals surface area contributed by atoms with Crippen LogP contribution in [0.25, 0.3) is 11.0 Å². The van der Waals surface area contributed by atoms with Gasteiger partial charge in [-0.15, -0.1) is 0 Å². The predicted octanol–water partition coefficient (Wildman–Crippen LogP) is 2.29. The molecule has 0 aliphatic heterocycles. The Kier molecular flexibility index (Phi) is 3.69. The summed E-state index contributed by atoms with van der Waals surface area (Å²) in [6, 6.07) is 7.58. The summed E-state index contributed by atoms with van der Waals surface area (Å²) in [6.07, 6.45) is 4.19. The number of nitrogens with zero attached hydrogens (tertiary/aromatic N) is 4. The van der Waals surface area contributed by atoms with Gasteiger partial charge in [-0.05, 0) is 24.3 Å². The van der Waals surface area contributed by atoms with Gasteiger partial charge in [-0.2, -0.15) is 0 Å². The minimum absolute atomic E-state index is 0.547. The van der Waals surface area contributed by atoms with Gasteiger partial charge >= 0.3 is 6.09 Å². The van der Waals surface area contributed by atoms with Crippen molar-refractivity contribution in [2.75, 3.05) is 12.5 Å². The Morgan fingerprint density at radius 2 is 2.24 bits per heavy atom. The topological polar surface area (TPSA) is 81.9 Å². The van der Waals surface area contributed by atoms with Crippen LogP contribution >= 0.6 is 11.8 Å². The Balaban J connectivity index is 1.86. The lowest BCUT2D eigenvalue weighted by Gasteiger charge is -2.05. The number of carbonyl (C=O) groups excluding carboxylic acids is 1. The van der Waals surface area contributed by atoms with Crippen LogP contribution in [0.4, 0.5) is 4.79 Å². The fourth-order valence-electron chi connectivity index (χ4n) is 1.75. The van der Waals surface area contributed by atoms with Gasteiger partial charge in [0.2, 0.25) is 0 Å². The molecule has 7 nitrogen and oxygen atoms in total. The Bertz CT molecular complexity index is 775. The smallest absolute Gasteiger partial charge is 0.426 e. The molecule has 0 atom stereocenters. The summed E-state index contributed by atoms with van der Waals surface area (Å²) >= 11 is 1.52. The van der Waals surface area contributed by atoms with Crippen molar-refractivity contribution < 1.29 is 9.53 Å². The van der Waals surface area contributed by atoms with Gasteiger partial charge in [0, 0.05) is 11.1 Å². The molecular weight excluding hydrogens is 290 g/mol. The Labute approximate surface area is 124 Å². The van der Waals surface area contributed by atoms with Crippen molar-refractivity contribution in [3.8, 4) is 0 Å². The molecule has 1 amide bonds. The van der Waals surface area contributed by atoms with E-state index in [2.05, 4.69) is 25.1 Å². The molecule has 0 saturated heterocycles. The van der Waals surface area contributed by atoms with E-state index in [-0.39, 0.29) is 0 Å². The lowest BCUT2D eigenvalue weighted by Crippen LogP contribution is -2.21. The number of aromatic nitrogens is 4. The molecule has 1 aromatic carbocycles. The summed E-state index contributed by atoms with van der Waals surface area (Å²) < 4.78 is 6.07. The maximum absolute atomic E-state index is 11.2. The monoisotopic (exact) mass is 301 g/mol. The molecule has 8 heteroatoms. The molecule has 0 aliphatic rings.